The minimum Gasteiger partial charge on any atom is -0.391 e. The molecule has 164 valence electrons. The Morgan fingerprint density at radius 2 is 1.93 bits per heavy atom. The molecular formula is C21H30N4O4S. The molecule has 0 amide bonds. The lowest BCUT2D eigenvalue weighted by molar-refractivity contribution is 0.122. The van der Waals surface area contributed by atoms with Crippen LogP contribution in [0.25, 0.3) is 10.9 Å². The molecule has 9 heteroatoms. The minimum absolute atomic E-state index is 0.0377. The van der Waals surface area contributed by atoms with Crippen molar-refractivity contribution in [1.82, 2.24) is 14.2 Å². The number of para-hydroxylation sites is 1. The van der Waals surface area contributed by atoms with Gasteiger partial charge in [0.15, 0.2) is 0 Å². The highest BCUT2D eigenvalue weighted by Crippen LogP contribution is 2.28. The van der Waals surface area contributed by atoms with Gasteiger partial charge in [-0.15, -0.1) is 0 Å². The molecule has 2 saturated heterocycles. The van der Waals surface area contributed by atoms with Crippen molar-refractivity contribution in [3.8, 4) is 0 Å². The third-order valence-corrected chi connectivity index (χ3v) is 7.91. The first-order valence-corrected chi connectivity index (χ1v) is 12.0. The molecule has 0 spiro atoms. The van der Waals surface area contributed by atoms with E-state index in [1.54, 1.807) is 0 Å². The number of likely N-dealkylation sites (tertiary alicyclic amines) is 1. The van der Waals surface area contributed by atoms with E-state index in [4.69, 9.17) is 9.72 Å². The van der Waals surface area contributed by atoms with E-state index in [1.165, 1.54) is 18.4 Å². The molecule has 0 aliphatic carbocycles. The molecule has 2 fully saturated rings. The fourth-order valence-corrected chi connectivity index (χ4v) is 5.38. The number of hydrogen-bond donors (Lipinski definition) is 1. The van der Waals surface area contributed by atoms with E-state index in [1.807, 2.05) is 18.2 Å². The van der Waals surface area contributed by atoms with Crippen LogP contribution in [0.3, 0.4) is 0 Å². The third kappa shape index (κ3) is 4.60. The number of benzene rings is 1. The lowest BCUT2D eigenvalue weighted by Gasteiger charge is -2.30. The van der Waals surface area contributed by atoms with Crippen LogP contribution in [-0.2, 0) is 21.3 Å². The molecule has 4 rings (SSSR count). The van der Waals surface area contributed by atoms with Crippen LogP contribution in [0.1, 0.15) is 5.56 Å². The zero-order valence-electron chi connectivity index (χ0n) is 17.6. The van der Waals surface area contributed by atoms with Crippen LogP contribution < -0.4 is 4.90 Å². The fourth-order valence-electron chi connectivity index (χ4n) is 4.21. The van der Waals surface area contributed by atoms with Crippen LogP contribution in [0.15, 0.2) is 30.3 Å². The maximum atomic E-state index is 12.3. The van der Waals surface area contributed by atoms with E-state index in [9.17, 15) is 13.5 Å². The van der Waals surface area contributed by atoms with Gasteiger partial charge in [0.1, 0.15) is 5.82 Å². The van der Waals surface area contributed by atoms with Crippen molar-refractivity contribution in [3.63, 3.8) is 0 Å². The van der Waals surface area contributed by atoms with Crippen molar-refractivity contribution in [1.29, 1.82) is 0 Å². The van der Waals surface area contributed by atoms with Crippen molar-refractivity contribution in [2.45, 2.75) is 12.6 Å². The lowest BCUT2D eigenvalue weighted by atomic mass is 10.1. The Morgan fingerprint density at radius 1 is 1.20 bits per heavy atom. The van der Waals surface area contributed by atoms with Crippen molar-refractivity contribution in [3.05, 3.63) is 35.9 Å². The van der Waals surface area contributed by atoms with E-state index < -0.39 is 16.1 Å². The van der Waals surface area contributed by atoms with Gasteiger partial charge in [-0.2, -0.15) is 0 Å². The molecule has 3 heterocycles. The molecule has 8 nitrogen and oxygen atoms in total. The van der Waals surface area contributed by atoms with Gasteiger partial charge in [-0.25, -0.2) is 17.7 Å². The molecule has 30 heavy (non-hydrogen) atoms. The fraction of sp³-hybridized carbons (Fsp3) is 0.571. The molecule has 0 unspecified atom stereocenters. The Hall–Kier alpha value is -1.78. The summed E-state index contributed by atoms with van der Waals surface area (Å²) in [7, 11) is -0.290. The van der Waals surface area contributed by atoms with Crippen LogP contribution in [-0.4, -0.2) is 93.1 Å². The number of hydrogen-bond acceptors (Lipinski definition) is 7. The number of sulfonamides is 1. The monoisotopic (exact) mass is 434 g/mol. The van der Waals surface area contributed by atoms with Gasteiger partial charge < -0.3 is 14.7 Å². The first kappa shape index (κ1) is 21.5. The first-order valence-electron chi connectivity index (χ1n) is 10.4. The molecule has 0 radical (unpaired) electrons. The largest absolute Gasteiger partial charge is 0.391 e. The van der Waals surface area contributed by atoms with Crippen molar-refractivity contribution in [2.75, 3.05) is 64.1 Å². The summed E-state index contributed by atoms with van der Waals surface area (Å²) in [5.74, 6) is 0.623. The summed E-state index contributed by atoms with van der Waals surface area (Å²) in [6.45, 7) is 4.59. The van der Waals surface area contributed by atoms with Crippen LogP contribution in [0, 0.1) is 5.92 Å². The number of nitrogens with zero attached hydrogens (tertiary/aromatic N) is 4. The van der Waals surface area contributed by atoms with E-state index in [-0.39, 0.29) is 11.7 Å². The smallest absolute Gasteiger partial charge is 0.214 e. The van der Waals surface area contributed by atoms with Gasteiger partial charge in [-0.3, -0.25) is 4.90 Å². The number of β-amino-alcohol motifs (C(OH)–C–C–N with tert-alkyl or cyclic N) is 1. The Bertz CT molecular complexity index is 992. The van der Waals surface area contributed by atoms with Gasteiger partial charge in [-0.1, -0.05) is 18.2 Å². The topological polar surface area (TPSA) is 86.2 Å². The number of aromatic nitrogens is 1. The quantitative estimate of drug-likeness (QED) is 0.718. The average Bonchev–Trinajstić information content (AvgIpc) is 3.06. The molecule has 2 aliphatic heterocycles. The van der Waals surface area contributed by atoms with Gasteiger partial charge in [-0.05, 0) is 12.1 Å². The molecule has 1 N–H and O–H groups in total. The Morgan fingerprint density at radius 3 is 2.67 bits per heavy atom. The van der Waals surface area contributed by atoms with Crippen LogP contribution >= 0.6 is 0 Å². The van der Waals surface area contributed by atoms with E-state index >= 15 is 0 Å². The molecule has 2 aliphatic rings. The summed E-state index contributed by atoms with van der Waals surface area (Å²) >= 11 is 0. The van der Waals surface area contributed by atoms with E-state index in [0.29, 0.717) is 32.8 Å². The Kier molecular flexibility index (Phi) is 6.26. The normalized spacial score (nSPS) is 23.5. The van der Waals surface area contributed by atoms with Crippen LogP contribution in [0.5, 0.6) is 0 Å². The van der Waals surface area contributed by atoms with Crippen molar-refractivity contribution >= 4 is 26.7 Å². The summed E-state index contributed by atoms with van der Waals surface area (Å²) < 4.78 is 31.3. The maximum Gasteiger partial charge on any atom is 0.214 e. The first-order chi connectivity index (χ1) is 14.3. The standard InChI is InChI=1S/C21H30N4O4S/c1-23(2)30(27,28)15-18-13-24(14-20(18)26)12-17-11-16-5-3-4-6-19(16)22-21(17)25-7-9-29-10-8-25/h3-6,11,18,20,26H,7-10,12-15H2,1-2H3/t18-,20-/m0/s1. The molecule has 0 bridgehead atoms. The Balaban J connectivity index is 1.57. The molecular weight excluding hydrogens is 404 g/mol. The van der Waals surface area contributed by atoms with Crippen LogP contribution in [0.4, 0.5) is 5.82 Å². The molecule has 2 aromatic rings. The average molecular weight is 435 g/mol. The number of aliphatic hydroxyl groups is 1. The van der Waals surface area contributed by atoms with Gasteiger partial charge in [0.2, 0.25) is 10.0 Å². The van der Waals surface area contributed by atoms with Gasteiger partial charge >= 0.3 is 0 Å². The SMILES string of the molecule is CN(C)S(=O)(=O)C[C@@H]1CN(Cc2cc3ccccc3nc2N2CCOCC2)C[C@@H]1O. The zero-order valence-corrected chi connectivity index (χ0v) is 18.4. The minimum atomic E-state index is -3.35. The highest BCUT2D eigenvalue weighted by atomic mass is 32.2. The Labute approximate surface area is 178 Å². The van der Waals surface area contributed by atoms with E-state index in [2.05, 4.69) is 21.9 Å². The summed E-state index contributed by atoms with van der Waals surface area (Å²) in [5.41, 5.74) is 2.05. The summed E-state index contributed by atoms with van der Waals surface area (Å²) in [6.07, 6.45) is -0.653. The third-order valence-electron chi connectivity index (χ3n) is 5.95. The lowest BCUT2D eigenvalue weighted by Crippen LogP contribution is -2.38. The number of pyridine rings is 1. The summed E-state index contributed by atoms with van der Waals surface area (Å²) in [4.78, 5) is 9.33. The van der Waals surface area contributed by atoms with Crippen molar-refractivity contribution < 1.29 is 18.3 Å². The molecule has 2 atom stereocenters. The number of ether oxygens (including phenoxy) is 1. The highest BCUT2D eigenvalue weighted by Gasteiger charge is 2.35. The van der Waals surface area contributed by atoms with Crippen LogP contribution in [0.2, 0.25) is 0 Å². The number of rotatable bonds is 6. The van der Waals surface area contributed by atoms with Gasteiger partial charge in [0.25, 0.3) is 0 Å². The van der Waals surface area contributed by atoms with E-state index in [0.717, 1.165) is 35.4 Å². The second kappa shape index (κ2) is 8.76. The summed E-state index contributed by atoms with van der Waals surface area (Å²) in [5, 5.41) is 11.6. The molecule has 0 saturated carbocycles. The number of aliphatic hydroxyl groups excluding tert-OH is 1. The second-order valence-electron chi connectivity index (χ2n) is 8.35. The van der Waals surface area contributed by atoms with Gasteiger partial charge in [0, 0.05) is 63.7 Å². The number of morpholine rings is 1. The predicted octanol–water partition coefficient (Wildman–Crippen LogP) is 0.756. The molecule has 1 aromatic carbocycles. The second-order valence-corrected chi connectivity index (χ2v) is 10.6. The summed E-state index contributed by atoms with van der Waals surface area (Å²) in [6, 6.07) is 10.2. The van der Waals surface area contributed by atoms with Crippen molar-refractivity contribution in [2.24, 2.45) is 5.92 Å². The maximum absolute atomic E-state index is 12.3. The predicted molar refractivity (Wildman–Crippen MR) is 117 cm³/mol. The molecule has 1 aromatic heterocycles. The number of fused-ring (bicyclic) bond motifs is 1. The van der Waals surface area contributed by atoms with Gasteiger partial charge in [0.05, 0.1) is 30.6 Å². The number of anilines is 1. The zero-order chi connectivity index (χ0) is 21.3. The highest BCUT2D eigenvalue weighted by molar-refractivity contribution is 7.89.